The Morgan fingerprint density at radius 3 is 2.90 bits per heavy atom. The summed E-state index contributed by atoms with van der Waals surface area (Å²) >= 11 is 0. The van der Waals surface area contributed by atoms with E-state index in [9.17, 15) is 4.79 Å². The predicted molar refractivity (Wildman–Crippen MR) is 76.9 cm³/mol. The third-order valence-electron chi connectivity index (χ3n) is 4.06. The molecule has 4 rings (SSSR count). The average Bonchev–Trinajstić information content (AvgIpc) is 3.09. The molecular formula is C15H17N3O3. The highest BCUT2D eigenvalue weighted by molar-refractivity contribution is 5.95. The lowest BCUT2D eigenvalue weighted by Crippen LogP contribution is -2.37. The zero-order chi connectivity index (χ0) is 14.4. The highest BCUT2D eigenvalue weighted by atomic mass is 16.5. The average molecular weight is 287 g/mol. The van der Waals surface area contributed by atoms with Gasteiger partial charge in [-0.25, -0.2) is 4.98 Å². The Hall–Kier alpha value is -1.92. The maximum Gasteiger partial charge on any atom is 0.231 e. The molecule has 3 N–H and O–H groups in total. The second kappa shape index (κ2) is 4.82. The van der Waals surface area contributed by atoms with E-state index in [2.05, 4.69) is 10.3 Å². The van der Waals surface area contributed by atoms with Gasteiger partial charge in [-0.05, 0) is 31.0 Å². The summed E-state index contributed by atoms with van der Waals surface area (Å²) in [5.41, 5.74) is 8.10. The van der Waals surface area contributed by atoms with Crippen molar-refractivity contribution in [1.82, 2.24) is 4.98 Å². The first kappa shape index (κ1) is 12.8. The molecule has 2 fully saturated rings. The van der Waals surface area contributed by atoms with Crippen LogP contribution in [0.3, 0.4) is 0 Å². The number of benzene rings is 1. The molecule has 2 aromatic rings. The van der Waals surface area contributed by atoms with Crippen LogP contribution in [0.25, 0.3) is 11.1 Å². The summed E-state index contributed by atoms with van der Waals surface area (Å²) in [7, 11) is 0. The molecule has 1 amide bonds. The van der Waals surface area contributed by atoms with Crippen molar-refractivity contribution in [3.8, 4) is 0 Å². The van der Waals surface area contributed by atoms with E-state index in [0.717, 1.165) is 29.8 Å². The van der Waals surface area contributed by atoms with Crippen LogP contribution < -0.4 is 11.1 Å². The molecule has 2 heterocycles. The Balaban J connectivity index is 1.54. The number of anilines is 1. The van der Waals surface area contributed by atoms with E-state index in [4.69, 9.17) is 14.9 Å². The summed E-state index contributed by atoms with van der Waals surface area (Å²) in [6, 6.07) is 5.27. The maximum absolute atomic E-state index is 12.2. The fourth-order valence-electron chi connectivity index (χ4n) is 2.60. The molecule has 1 aromatic heterocycles. The van der Waals surface area contributed by atoms with Crippen molar-refractivity contribution in [2.75, 3.05) is 18.5 Å². The number of hydrogen-bond acceptors (Lipinski definition) is 5. The van der Waals surface area contributed by atoms with Crippen molar-refractivity contribution in [2.24, 2.45) is 11.7 Å². The number of hydrogen-bond donors (Lipinski definition) is 2. The highest BCUT2D eigenvalue weighted by Crippen LogP contribution is 2.40. The lowest BCUT2D eigenvalue weighted by atomic mass is 10.0. The Morgan fingerprint density at radius 1 is 1.33 bits per heavy atom. The molecule has 0 radical (unpaired) electrons. The van der Waals surface area contributed by atoms with Gasteiger partial charge in [0.15, 0.2) is 11.5 Å². The van der Waals surface area contributed by atoms with Gasteiger partial charge < -0.3 is 20.2 Å². The van der Waals surface area contributed by atoms with Gasteiger partial charge in [-0.1, -0.05) is 0 Å². The first-order chi connectivity index (χ1) is 10.2. The molecular weight excluding hydrogens is 270 g/mol. The van der Waals surface area contributed by atoms with Crippen molar-refractivity contribution >= 4 is 22.7 Å². The third-order valence-corrected chi connectivity index (χ3v) is 4.06. The summed E-state index contributed by atoms with van der Waals surface area (Å²) in [6.07, 6.45) is 2.30. The zero-order valence-corrected chi connectivity index (χ0v) is 11.5. The van der Waals surface area contributed by atoms with E-state index in [1.807, 2.05) is 18.2 Å². The van der Waals surface area contributed by atoms with Crippen molar-refractivity contribution < 1.29 is 13.9 Å². The lowest BCUT2D eigenvalue weighted by Gasteiger charge is -2.13. The Kier molecular flexibility index (Phi) is 2.94. The fraction of sp³-hybridized carbons (Fsp3) is 0.467. The molecule has 6 nitrogen and oxygen atoms in total. The van der Waals surface area contributed by atoms with Crippen LogP contribution in [0.5, 0.6) is 0 Å². The largest absolute Gasteiger partial charge is 0.440 e. The van der Waals surface area contributed by atoms with E-state index < -0.39 is 0 Å². The first-order valence-corrected chi connectivity index (χ1v) is 7.25. The minimum atomic E-state index is -0.292. The molecule has 6 heteroatoms. The number of carbonyl (C=O) groups is 1. The third kappa shape index (κ3) is 2.41. The molecule has 1 aromatic carbocycles. The molecule has 1 aliphatic carbocycles. The van der Waals surface area contributed by atoms with Crippen LogP contribution in [0.2, 0.25) is 0 Å². The molecule has 2 aliphatic rings. The molecule has 0 bridgehead atoms. The van der Waals surface area contributed by atoms with Crippen LogP contribution in [-0.2, 0) is 9.53 Å². The van der Waals surface area contributed by atoms with E-state index in [-0.39, 0.29) is 17.9 Å². The van der Waals surface area contributed by atoms with Crippen molar-refractivity contribution in [3.63, 3.8) is 0 Å². The van der Waals surface area contributed by atoms with Crippen LogP contribution in [0.1, 0.15) is 24.7 Å². The number of ether oxygens (including phenoxy) is 1. The fourth-order valence-corrected chi connectivity index (χ4v) is 2.60. The summed E-state index contributed by atoms with van der Waals surface area (Å²) in [4.78, 5) is 16.7. The molecule has 2 unspecified atom stereocenters. The molecule has 21 heavy (non-hydrogen) atoms. The van der Waals surface area contributed by atoms with E-state index in [0.29, 0.717) is 24.8 Å². The van der Waals surface area contributed by atoms with Crippen LogP contribution in [-0.4, -0.2) is 30.1 Å². The number of nitrogens with two attached hydrogens (primary N) is 1. The number of amides is 1. The highest BCUT2D eigenvalue weighted by Gasteiger charge is 2.31. The monoisotopic (exact) mass is 287 g/mol. The molecule has 2 atom stereocenters. The molecule has 0 spiro atoms. The minimum Gasteiger partial charge on any atom is -0.440 e. The van der Waals surface area contributed by atoms with Gasteiger partial charge in [-0.15, -0.1) is 0 Å². The van der Waals surface area contributed by atoms with Gasteiger partial charge in [0.2, 0.25) is 5.91 Å². The number of carbonyl (C=O) groups excluding carboxylic acids is 1. The molecule has 1 saturated heterocycles. The standard InChI is InChI=1S/C15H17N3O3/c16-11-7-20-6-10(11)14(19)17-9-3-4-13-12(5-9)18-15(21-13)8-1-2-8/h3-5,8,10-11H,1-2,6-7,16H2,(H,17,19). The Bertz CT molecular complexity index is 693. The van der Waals surface area contributed by atoms with Crippen molar-refractivity contribution in [1.29, 1.82) is 0 Å². The van der Waals surface area contributed by atoms with Gasteiger partial charge in [0, 0.05) is 17.6 Å². The van der Waals surface area contributed by atoms with Gasteiger partial charge in [0.25, 0.3) is 0 Å². The second-order valence-electron chi connectivity index (χ2n) is 5.81. The summed E-state index contributed by atoms with van der Waals surface area (Å²) < 4.78 is 10.9. The molecule has 1 saturated carbocycles. The van der Waals surface area contributed by atoms with Crippen LogP contribution >= 0.6 is 0 Å². The zero-order valence-electron chi connectivity index (χ0n) is 11.5. The van der Waals surface area contributed by atoms with Crippen LogP contribution in [0.15, 0.2) is 22.6 Å². The molecule has 110 valence electrons. The van der Waals surface area contributed by atoms with Crippen LogP contribution in [0, 0.1) is 5.92 Å². The minimum absolute atomic E-state index is 0.106. The Morgan fingerprint density at radius 2 is 2.19 bits per heavy atom. The van der Waals surface area contributed by atoms with Crippen LogP contribution in [0.4, 0.5) is 5.69 Å². The van der Waals surface area contributed by atoms with E-state index in [1.165, 1.54) is 0 Å². The topological polar surface area (TPSA) is 90.4 Å². The predicted octanol–water partition coefficient (Wildman–Crippen LogP) is 1.62. The number of nitrogens with one attached hydrogen (secondary N) is 1. The summed E-state index contributed by atoms with van der Waals surface area (Å²) in [5.74, 6) is 0.883. The normalized spacial score (nSPS) is 25.4. The SMILES string of the molecule is NC1COCC1C(=O)Nc1ccc2oc(C3CC3)nc2c1. The smallest absolute Gasteiger partial charge is 0.231 e. The van der Waals surface area contributed by atoms with Gasteiger partial charge in [-0.2, -0.15) is 0 Å². The maximum atomic E-state index is 12.2. The number of nitrogens with zero attached hydrogens (tertiary/aromatic N) is 1. The second-order valence-corrected chi connectivity index (χ2v) is 5.81. The lowest BCUT2D eigenvalue weighted by molar-refractivity contribution is -0.120. The van der Waals surface area contributed by atoms with Gasteiger partial charge in [0.1, 0.15) is 5.52 Å². The Labute approximate surface area is 121 Å². The van der Waals surface area contributed by atoms with E-state index in [1.54, 1.807) is 0 Å². The quantitative estimate of drug-likeness (QED) is 0.895. The summed E-state index contributed by atoms with van der Waals surface area (Å²) in [6.45, 7) is 0.816. The number of aromatic nitrogens is 1. The number of rotatable bonds is 3. The van der Waals surface area contributed by atoms with Crippen molar-refractivity contribution in [2.45, 2.75) is 24.8 Å². The van der Waals surface area contributed by atoms with Crippen molar-refractivity contribution in [3.05, 3.63) is 24.1 Å². The number of fused-ring (bicyclic) bond motifs is 1. The van der Waals surface area contributed by atoms with E-state index >= 15 is 0 Å². The van der Waals surface area contributed by atoms with Gasteiger partial charge in [-0.3, -0.25) is 4.79 Å². The summed E-state index contributed by atoms with van der Waals surface area (Å²) in [5, 5.41) is 2.88. The first-order valence-electron chi connectivity index (χ1n) is 7.25. The van der Waals surface area contributed by atoms with Gasteiger partial charge in [0.05, 0.1) is 19.1 Å². The van der Waals surface area contributed by atoms with Gasteiger partial charge >= 0.3 is 0 Å². The molecule has 1 aliphatic heterocycles. The number of oxazole rings is 1.